The molecule has 5 aromatic rings. The third-order valence-corrected chi connectivity index (χ3v) is 4.88. The molecule has 0 bridgehead atoms. The minimum absolute atomic E-state index is 0.0504. The van der Waals surface area contributed by atoms with Crippen LogP contribution in [0.5, 0.6) is 5.88 Å². The van der Waals surface area contributed by atoms with Crippen molar-refractivity contribution < 1.29 is 9.90 Å². The Hall–Kier alpha value is -5.12. The van der Waals surface area contributed by atoms with Crippen molar-refractivity contribution in [3.8, 4) is 11.6 Å². The van der Waals surface area contributed by atoms with Crippen LogP contribution in [-0.4, -0.2) is 30.2 Å². The lowest BCUT2D eigenvalue weighted by Crippen LogP contribution is -2.22. The number of aromatic hydroxyl groups is 1. The Morgan fingerprint density at radius 1 is 0.853 bits per heavy atom. The molecule has 3 aromatic carbocycles. The zero-order valence-corrected chi connectivity index (χ0v) is 17.6. The number of amides is 1. The number of fused-ring (bicyclic) bond motifs is 1. The highest BCUT2D eigenvalue weighted by atomic mass is 16.3. The van der Waals surface area contributed by atoms with Gasteiger partial charge in [0, 0.05) is 5.69 Å². The van der Waals surface area contributed by atoms with E-state index in [-0.39, 0.29) is 11.6 Å². The zero-order chi connectivity index (χ0) is 23.5. The molecule has 34 heavy (non-hydrogen) atoms. The Kier molecular flexibility index (Phi) is 5.37. The van der Waals surface area contributed by atoms with E-state index in [0.717, 1.165) is 4.40 Å². The molecule has 0 saturated heterocycles. The summed E-state index contributed by atoms with van der Waals surface area (Å²) < 4.78 is 2.31. The molecule has 10 nitrogen and oxygen atoms in total. The van der Waals surface area contributed by atoms with Crippen molar-refractivity contribution in [2.24, 2.45) is 10.2 Å². The molecular formula is C24H17N7O3. The van der Waals surface area contributed by atoms with Gasteiger partial charge < -0.3 is 10.4 Å². The molecule has 0 spiro atoms. The van der Waals surface area contributed by atoms with Crippen molar-refractivity contribution in [1.29, 1.82) is 0 Å². The smallest absolute Gasteiger partial charge is 0.294 e. The predicted molar refractivity (Wildman–Crippen MR) is 125 cm³/mol. The van der Waals surface area contributed by atoms with Gasteiger partial charge in [-0.05, 0) is 36.4 Å². The quantitative estimate of drug-likeness (QED) is 0.386. The van der Waals surface area contributed by atoms with Crippen molar-refractivity contribution in [3.05, 3.63) is 107 Å². The van der Waals surface area contributed by atoms with Gasteiger partial charge in [0.05, 0.1) is 11.4 Å². The lowest BCUT2D eigenvalue weighted by atomic mass is 10.3. The topological polar surface area (TPSA) is 126 Å². The maximum absolute atomic E-state index is 13.4. The molecule has 0 aliphatic heterocycles. The van der Waals surface area contributed by atoms with E-state index in [4.69, 9.17) is 0 Å². The first-order valence-corrected chi connectivity index (χ1v) is 10.2. The number of rotatable bonds is 5. The zero-order valence-electron chi connectivity index (χ0n) is 17.6. The number of nitrogens with one attached hydrogen (secondary N) is 1. The first-order valence-electron chi connectivity index (χ1n) is 10.2. The van der Waals surface area contributed by atoms with Crippen LogP contribution >= 0.6 is 0 Å². The number of para-hydroxylation sites is 2. The Bertz CT molecular complexity index is 1560. The van der Waals surface area contributed by atoms with E-state index >= 15 is 0 Å². The van der Waals surface area contributed by atoms with Crippen LogP contribution in [0.4, 0.5) is 17.1 Å². The molecule has 5 rings (SSSR count). The molecule has 0 unspecified atom stereocenters. The lowest BCUT2D eigenvalue weighted by molar-refractivity contribution is 0.101. The minimum atomic E-state index is -0.789. The summed E-state index contributed by atoms with van der Waals surface area (Å²) in [6.07, 6.45) is 0. The molecular weight excluding hydrogens is 434 g/mol. The molecule has 166 valence electrons. The molecule has 0 aliphatic carbocycles. The summed E-state index contributed by atoms with van der Waals surface area (Å²) in [5, 5.41) is 25.5. The van der Waals surface area contributed by atoms with Crippen LogP contribution in [-0.2, 0) is 0 Å². The highest BCUT2D eigenvalue weighted by Gasteiger charge is 2.24. The number of anilines is 1. The monoisotopic (exact) mass is 451 g/mol. The summed E-state index contributed by atoms with van der Waals surface area (Å²) in [6, 6.07) is 26.3. The Balaban J connectivity index is 1.69. The van der Waals surface area contributed by atoms with Gasteiger partial charge in [-0.15, -0.1) is 10.2 Å². The minimum Gasteiger partial charge on any atom is -0.491 e. The van der Waals surface area contributed by atoms with E-state index in [2.05, 4.69) is 25.6 Å². The molecule has 2 aromatic heterocycles. The summed E-state index contributed by atoms with van der Waals surface area (Å²) >= 11 is 0. The van der Waals surface area contributed by atoms with Crippen LogP contribution in [0.2, 0.25) is 0 Å². The number of aromatic nitrogens is 4. The molecule has 2 N–H and O–H groups in total. The predicted octanol–water partition coefficient (Wildman–Crippen LogP) is 4.25. The average Bonchev–Trinajstić information content (AvgIpc) is 3.25. The second-order valence-electron chi connectivity index (χ2n) is 7.15. The Morgan fingerprint density at radius 3 is 2.15 bits per heavy atom. The fraction of sp³-hybridized carbons (Fsp3) is 0. The van der Waals surface area contributed by atoms with Gasteiger partial charge in [-0.25, -0.2) is 4.40 Å². The molecule has 0 fully saturated rings. The summed E-state index contributed by atoms with van der Waals surface area (Å²) in [4.78, 5) is 30.6. The van der Waals surface area contributed by atoms with Crippen molar-refractivity contribution in [2.75, 3.05) is 5.32 Å². The van der Waals surface area contributed by atoms with Crippen molar-refractivity contribution >= 4 is 28.7 Å². The van der Waals surface area contributed by atoms with E-state index in [9.17, 15) is 14.7 Å². The highest BCUT2D eigenvalue weighted by molar-refractivity contribution is 6.02. The number of benzene rings is 3. The van der Waals surface area contributed by atoms with Crippen LogP contribution in [0.1, 0.15) is 10.6 Å². The van der Waals surface area contributed by atoms with Gasteiger partial charge in [0.2, 0.25) is 23.2 Å². The molecule has 0 radical (unpaired) electrons. The highest BCUT2D eigenvalue weighted by Crippen LogP contribution is 2.24. The second-order valence-corrected chi connectivity index (χ2v) is 7.15. The van der Waals surface area contributed by atoms with E-state index in [1.807, 2.05) is 18.2 Å². The maximum Gasteiger partial charge on any atom is 0.294 e. The second kappa shape index (κ2) is 8.79. The van der Waals surface area contributed by atoms with Crippen LogP contribution in [0, 0.1) is 0 Å². The first-order chi connectivity index (χ1) is 16.6. The molecule has 2 heterocycles. The lowest BCUT2D eigenvalue weighted by Gasteiger charge is -2.04. The standard InChI is InChI=1S/C24H17N7O3/c32-21-19(28-27-17-12-6-2-7-13-17)23(34)30-20(22(33)25-16-10-4-1-5-11-16)29-31(24(30)26-21)18-14-8-3-9-15-18/h1-15,32H,(H,25,33). The third kappa shape index (κ3) is 3.91. The van der Waals surface area contributed by atoms with Crippen molar-refractivity contribution in [2.45, 2.75) is 0 Å². The summed E-state index contributed by atoms with van der Waals surface area (Å²) in [5.74, 6) is -1.54. The van der Waals surface area contributed by atoms with Crippen LogP contribution in [0.15, 0.2) is 106 Å². The number of azo groups is 1. The van der Waals surface area contributed by atoms with Gasteiger partial charge in [0.1, 0.15) is 0 Å². The molecule has 0 atom stereocenters. The molecule has 10 heteroatoms. The number of carbonyl (C=O) groups is 1. The van der Waals surface area contributed by atoms with Crippen molar-refractivity contribution in [3.63, 3.8) is 0 Å². The van der Waals surface area contributed by atoms with Gasteiger partial charge in [0.15, 0.2) is 0 Å². The van der Waals surface area contributed by atoms with E-state index in [0.29, 0.717) is 17.1 Å². The fourth-order valence-electron chi connectivity index (χ4n) is 3.29. The SMILES string of the molecule is O=C(Nc1ccccc1)c1nn(-c2ccccc2)c2nc(O)c(N=Nc3ccccc3)c(=O)n12. The van der Waals surface area contributed by atoms with Crippen molar-refractivity contribution in [1.82, 2.24) is 19.2 Å². The molecule has 1 amide bonds. The normalized spacial score (nSPS) is 11.2. The largest absolute Gasteiger partial charge is 0.491 e. The molecule has 0 saturated carbocycles. The number of hydrogen-bond donors (Lipinski definition) is 2. The summed E-state index contributed by atoms with van der Waals surface area (Å²) in [6.45, 7) is 0. The van der Waals surface area contributed by atoms with Crippen LogP contribution in [0.25, 0.3) is 11.5 Å². The van der Waals surface area contributed by atoms with Gasteiger partial charge in [-0.2, -0.15) is 14.8 Å². The Labute approximate surface area is 192 Å². The van der Waals surface area contributed by atoms with Crippen LogP contribution < -0.4 is 10.9 Å². The van der Waals surface area contributed by atoms with Gasteiger partial charge in [0.25, 0.3) is 11.5 Å². The summed E-state index contributed by atoms with van der Waals surface area (Å²) in [7, 11) is 0. The fourth-order valence-corrected chi connectivity index (χ4v) is 3.29. The number of nitrogens with zero attached hydrogens (tertiary/aromatic N) is 6. The van der Waals surface area contributed by atoms with Gasteiger partial charge >= 0.3 is 0 Å². The first kappa shape index (κ1) is 20.8. The third-order valence-electron chi connectivity index (χ3n) is 4.88. The van der Waals surface area contributed by atoms with E-state index in [1.165, 1.54) is 4.68 Å². The number of carbonyl (C=O) groups excluding carboxylic acids is 1. The Morgan fingerprint density at radius 2 is 1.47 bits per heavy atom. The molecule has 0 aliphatic rings. The number of hydrogen-bond acceptors (Lipinski definition) is 7. The maximum atomic E-state index is 13.4. The van der Waals surface area contributed by atoms with Crippen LogP contribution in [0.3, 0.4) is 0 Å². The average molecular weight is 451 g/mol. The van der Waals surface area contributed by atoms with Gasteiger partial charge in [-0.3, -0.25) is 9.59 Å². The summed E-state index contributed by atoms with van der Waals surface area (Å²) in [5.41, 5.74) is 0.348. The van der Waals surface area contributed by atoms with Gasteiger partial charge in [-0.1, -0.05) is 54.6 Å². The van der Waals surface area contributed by atoms with E-state index < -0.39 is 23.0 Å². The van der Waals surface area contributed by atoms with E-state index in [1.54, 1.807) is 72.8 Å².